The van der Waals surface area contributed by atoms with E-state index in [1.165, 1.54) is 32.1 Å². The first-order valence-corrected chi connectivity index (χ1v) is 10.1. The third kappa shape index (κ3) is 3.26. The van der Waals surface area contributed by atoms with E-state index in [1.807, 2.05) is 0 Å². The van der Waals surface area contributed by atoms with E-state index in [1.54, 1.807) is 17.9 Å². The van der Waals surface area contributed by atoms with E-state index >= 15 is 0 Å². The van der Waals surface area contributed by atoms with E-state index in [2.05, 4.69) is 10.1 Å². The van der Waals surface area contributed by atoms with Crippen LogP contribution in [0.15, 0.2) is 10.6 Å². The Morgan fingerprint density at radius 2 is 2.04 bits per heavy atom. The van der Waals surface area contributed by atoms with Crippen molar-refractivity contribution in [3.63, 3.8) is 0 Å². The summed E-state index contributed by atoms with van der Waals surface area (Å²) in [6.07, 6.45) is 9.18. The highest BCUT2D eigenvalue weighted by Gasteiger charge is 2.49. The number of aromatic nitrogens is 1. The van der Waals surface area contributed by atoms with Crippen LogP contribution in [0.5, 0.6) is 0 Å². The van der Waals surface area contributed by atoms with Crippen LogP contribution < -0.4 is 0 Å². The van der Waals surface area contributed by atoms with E-state index in [4.69, 9.17) is 4.52 Å². The molecule has 142 valence electrons. The van der Waals surface area contributed by atoms with Crippen molar-refractivity contribution in [2.24, 2.45) is 11.3 Å². The van der Waals surface area contributed by atoms with Gasteiger partial charge in [0.2, 0.25) is 5.91 Å². The van der Waals surface area contributed by atoms with Crippen LogP contribution in [0.3, 0.4) is 0 Å². The molecule has 1 aromatic rings. The average molecular weight is 359 g/mol. The number of piperidine rings is 1. The zero-order valence-electron chi connectivity index (χ0n) is 15.7. The average Bonchev–Trinajstić information content (AvgIpc) is 3.27. The van der Waals surface area contributed by atoms with Crippen LogP contribution in [0.4, 0.5) is 0 Å². The van der Waals surface area contributed by atoms with Crippen molar-refractivity contribution in [3.05, 3.63) is 17.5 Å². The van der Waals surface area contributed by atoms with E-state index in [0.29, 0.717) is 30.5 Å². The summed E-state index contributed by atoms with van der Waals surface area (Å²) in [5, 5.41) is 3.84. The first kappa shape index (κ1) is 17.6. The standard InChI is InChI=1S/C20H29N3O3/c1-15-12-17(21-26-15)18(24)23-11-9-20(14-23)8-5-10-22(19(20)25)13-16-6-3-2-4-7-16/h12,16H,2-11,13-14H2,1H3. The molecule has 0 aromatic carbocycles. The van der Waals surface area contributed by atoms with Crippen LogP contribution in [0, 0.1) is 18.3 Å². The summed E-state index contributed by atoms with van der Waals surface area (Å²) >= 11 is 0. The second-order valence-electron chi connectivity index (χ2n) is 8.44. The molecule has 2 saturated heterocycles. The SMILES string of the molecule is Cc1cc(C(=O)N2CCC3(CCCN(CC4CCCCC4)C3=O)C2)no1. The molecule has 1 aromatic heterocycles. The molecule has 0 N–H and O–H groups in total. The fourth-order valence-electron chi connectivity index (χ4n) is 5.06. The highest BCUT2D eigenvalue weighted by molar-refractivity contribution is 5.93. The zero-order valence-corrected chi connectivity index (χ0v) is 15.7. The molecule has 1 unspecified atom stereocenters. The Balaban J connectivity index is 1.42. The highest BCUT2D eigenvalue weighted by Crippen LogP contribution is 2.41. The lowest BCUT2D eigenvalue weighted by molar-refractivity contribution is -0.146. The molecule has 1 aliphatic carbocycles. The molecule has 2 aliphatic heterocycles. The predicted molar refractivity (Wildman–Crippen MR) is 96.6 cm³/mol. The fourth-order valence-corrected chi connectivity index (χ4v) is 5.06. The first-order chi connectivity index (χ1) is 12.6. The maximum Gasteiger partial charge on any atom is 0.276 e. The maximum absolute atomic E-state index is 13.3. The van der Waals surface area contributed by atoms with Crippen molar-refractivity contribution in [2.45, 2.75) is 58.3 Å². The maximum atomic E-state index is 13.3. The van der Waals surface area contributed by atoms with Crippen LogP contribution in [-0.4, -0.2) is 52.9 Å². The number of hydrogen-bond donors (Lipinski definition) is 0. The number of likely N-dealkylation sites (tertiary alicyclic amines) is 2. The normalized spacial score (nSPS) is 27.5. The van der Waals surface area contributed by atoms with Crippen molar-refractivity contribution in [2.75, 3.05) is 26.2 Å². The van der Waals surface area contributed by atoms with Crippen LogP contribution in [0.1, 0.15) is 67.6 Å². The van der Waals surface area contributed by atoms with Gasteiger partial charge in [0.15, 0.2) is 5.69 Å². The van der Waals surface area contributed by atoms with E-state index in [0.717, 1.165) is 32.4 Å². The third-order valence-corrected chi connectivity index (χ3v) is 6.52. The fraction of sp³-hybridized carbons (Fsp3) is 0.750. The lowest BCUT2D eigenvalue weighted by atomic mass is 9.77. The molecule has 3 heterocycles. The zero-order chi connectivity index (χ0) is 18.1. The first-order valence-electron chi connectivity index (χ1n) is 10.1. The van der Waals surface area contributed by atoms with Crippen LogP contribution in [0.25, 0.3) is 0 Å². The van der Waals surface area contributed by atoms with E-state index < -0.39 is 0 Å². The van der Waals surface area contributed by atoms with Gasteiger partial charge in [-0.2, -0.15) is 0 Å². The molecular formula is C20H29N3O3. The minimum Gasteiger partial charge on any atom is -0.361 e. The van der Waals surface area contributed by atoms with E-state index in [9.17, 15) is 9.59 Å². The molecule has 3 fully saturated rings. The summed E-state index contributed by atoms with van der Waals surface area (Å²) in [5.41, 5.74) is -0.0247. The third-order valence-electron chi connectivity index (χ3n) is 6.52. The molecule has 1 atom stereocenters. The van der Waals surface area contributed by atoms with Gasteiger partial charge in [-0.05, 0) is 44.9 Å². The smallest absolute Gasteiger partial charge is 0.276 e. The van der Waals surface area contributed by atoms with Gasteiger partial charge in [-0.25, -0.2) is 0 Å². The molecule has 0 radical (unpaired) electrons. The van der Waals surface area contributed by atoms with Gasteiger partial charge in [0.25, 0.3) is 5.91 Å². The molecule has 2 amide bonds. The van der Waals surface area contributed by atoms with Gasteiger partial charge in [0.1, 0.15) is 5.76 Å². The lowest BCUT2D eigenvalue weighted by Gasteiger charge is -2.41. The summed E-state index contributed by atoms with van der Waals surface area (Å²) in [7, 11) is 0. The Morgan fingerprint density at radius 1 is 1.23 bits per heavy atom. The number of hydrogen-bond acceptors (Lipinski definition) is 4. The van der Waals surface area contributed by atoms with Crippen LogP contribution in [0.2, 0.25) is 0 Å². The number of amides is 2. The van der Waals surface area contributed by atoms with E-state index in [-0.39, 0.29) is 17.2 Å². The molecule has 6 heteroatoms. The largest absolute Gasteiger partial charge is 0.361 e. The summed E-state index contributed by atoms with van der Waals surface area (Å²) in [6, 6.07) is 1.67. The number of nitrogens with zero attached hydrogens (tertiary/aromatic N) is 3. The Kier molecular flexibility index (Phi) is 4.76. The summed E-state index contributed by atoms with van der Waals surface area (Å²) in [6.45, 7) is 4.74. The van der Waals surface area contributed by atoms with Crippen LogP contribution >= 0.6 is 0 Å². The summed E-state index contributed by atoms with van der Waals surface area (Å²) in [5.74, 6) is 1.46. The number of aryl methyl sites for hydroxylation is 1. The quantitative estimate of drug-likeness (QED) is 0.832. The van der Waals surface area contributed by atoms with Crippen LogP contribution in [-0.2, 0) is 4.79 Å². The van der Waals surface area contributed by atoms with Gasteiger partial charge in [0, 0.05) is 32.2 Å². The van der Waals surface area contributed by atoms with Crippen molar-refractivity contribution >= 4 is 11.8 Å². The highest BCUT2D eigenvalue weighted by atomic mass is 16.5. The molecule has 1 saturated carbocycles. The number of rotatable bonds is 3. The second kappa shape index (κ2) is 7.05. The molecule has 6 nitrogen and oxygen atoms in total. The molecule has 4 rings (SSSR count). The molecular weight excluding hydrogens is 330 g/mol. The van der Waals surface area contributed by atoms with Crippen molar-refractivity contribution in [1.82, 2.24) is 15.0 Å². The van der Waals surface area contributed by atoms with Gasteiger partial charge in [-0.15, -0.1) is 0 Å². The Hall–Kier alpha value is -1.85. The topological polar surface area (TPSA) is 66.7 Å². The van der Waals surface area contributed by atoms with Crippen molar-refractivity contribution in [3.8, 4) is 0 Å². The Bertz CT molecular complexity index is 680. The minimum absolute atomic E-state index is 0.115. The molecule has 1 spiro atoms. The molecule has 0 bridgehead atoms. The Labute approximate surface area is 154 Å². The van der Waals surface area contributed by atoms with Gasteiger partial charge in [0.05, 0.1) is 5.41 Å². The molecule has 26 heavy (non-hydrogen) atoms. The number of carbonyl (C=O) groups excluding carboxylic acids is 2. The van der Waals surface area contributed by atoms with Crippen molar-refractivity contribution in [1.29, 1.82) is 0 Å². The van der Waals surface area contributed by atoms with Gasteiger partial charge < -0.3 is 14.3 Å². The minimum atomic E-state index is -0.374. The van der Waals surface area contributed by atoms with Gasteiger partial charge in [-0.1, -0.05) is 24.4 Å². The predicted octanol–water partition coefficient (Wildman–Crippen LogP) is 3.02. The van der Waals surface area contributed by atoms with Crippen molar-refractivity contribution < 1.29 is 14.1 Å². The second-order valence-corrected chi connectivity index (χ2v) is 8.44. The number of carbonyl (C=O) groups is 2. The van der Waals surface area contributed by atoms with Gasteiger partial charge in [-0.3, -0.25) is 9.59 Å². The monoisotopic (exact) mass is 359 g/mol. The summed E-state index contributed by atoms with van der Waals surface area (Å²) in [4.78, 5) is 29.9. The summed E-state index contributed by atoms with van der Waals surface area (Å²) < 4.78 is 5.03. The Morgan fingerprint density at radius 3 is 2.77 bits per heavy atom. The molecule has 3 aliphatic rings. The lowest BCUT2D eigenvalue weighted by Crippen LogP contribution is -2.51. The van der Waals surface area contributed by atoms with Gasteiger partial charge >= 0.3 is 0 Å².